The third-order valence-corrected chi connectivity index (χ3v) is 3.95. The van der Waals surface area contributed by atoms with Crippen molar-refractivity contribution in [2.45, 2.75) is 31.2 Å². The van der Waals surface area contributed by atoms with Crippen LogP contribution in [0.25, 0.3) is 0 Å². The van der Waals surface area contributed by atoms with Gasteiger partial charge in [-0.2, -0.15) is 4.72 Å². The van der Waals surface area contributed by atoms with Gasteiger partial charge in [-0.05, 0) is 25.5 Å². The lowest BCUT2D eigenvalue weighted by atomic mass is 10.2. The molecule has 0 aliphatic heterocycles. The van der Waals surface area contributed by atoms with Crippen molar-refractivity contribution in [2.24, 2.45) is 0 Å². The number of hydrogen-bond acceptors (Lipinski definition) is 4. The third-order valence-electron chi connectivity index (χ3n) is 2.46. The molecule has 0 fully saturated rings. The molecular weight excluding hydrogens is 256 g/mol. The van der Waals surface area contributed by atoms with Gasteiger partial charge in [0, 0.05) is 0 Å². The Kier molecular flexibility index (Phi) is 4.83. The minimum absolute atomic E-state index is 0.0808. The van der Waals surface area contributed by atoms with Crippen molar-refractivity contribution in [3.63, 3.8) is 0 Å². The largest absolute Gasteiger partial charge is 0.289 e. The van der Waals surface area contributed by atoms with Crippen LogP contribution in [0.4, 0.5) is 0 Å². The van der Waals surface area contributed by atoms with Gasteiger partial charge in [-0.25, -0.2) is 13.9 Å². The van der Waals surface area contributed by atoms with E-state index in [1.807, 2.05) is 6.92 Å². The first-order valence-electron chi connectivity index (χ1n) is 5.43. The average molecular weight is 272 g/mol. The SMILES string of the molecule is CCC(NS(=O)(=O)c1ccc(C)cc1)C(=O)NO. The highest BCUT2D eigenvalue weighted by atomic mass is 32.2. The van der Waals surface area contributed by atoms with E-state index in [2.05, 4.69) is 4.72 Å². The molecule has 1 atom stereocenters. The van der Waals surface area contributed by atoms with Crippen LogP contribution in [-0.4, -0.2) is 25.6 Å². The number of nitrogens with one attached hydrogen (secondary N) is 2. The van der Waals surface area contributed by atoms with Crippen LogP contribution >= 0.6 is 0 Å². The van der Waals surface area contributed by atoms with Crippen molar-refractivity contribution in [1.82, 2.24) is 10.2 Å². The Morgan fingerprint density at radius 1 is 1.33 bits per heavy atom. The van der Waals surface area contributed by atoms with Gasteiger partial charge >= 0.3 is 0 Å². The van der Waals surface area contributed by atoms with E-state index in [1.165, 1.54) is 17.6 Å². The Bertz CT molecular complexity index is 510. The van der Waals surface area contributed by atoms with Crippen LogP contribution in [0.5, 0.6) is 0 Å². The van der Waals surface area contributed by atoms with Crippen LogP contribution in [-0.2, 0) is 14.8 Å². The Labute approximate surface area is 106 Å². The normalized spacial score (nSPS) is 13.1. The molecule has 18 heavy (non-hydrogen) atoms. The Morgan fingerprint density at radius 3 is 2.33 bits per heavy atom. The molecule has 6 nitrogen and oxygen atoms in total. The molecule has 1 aromatic carbocycles. The van der Waals surface area contributed by atoms with E-state index in [-0.39, 0.29) is 11.3 Å². The van der Waals surface area contributed by atoms with Gasteiger partial charge in [-0.3, -0.25) is 10.0 Å². The lowest BCUT2D eigenvalue weighted by Crippen LogP contribution is -2.45. The minimum Gasteiger partial charge on any atom is -0.289 e. The summed E-state index contributed by atoms with van der Waals surface area (Å²) in [6, 6.07) is 5.26. The van der Waals surface area contributed by atoms with E-state index in [9.17, 15) is 13.2 Å². The maximum atomic E-state index is 12.0. The van der Waals surface area contributed by atoms with Crippen molar-refractivity contribution in [3.05, 3.63) is 29.8 Å². The number of carbonyl (C=O) groups excluding carboxylic acids is 1. The van der Waals surface area contributed by atoms with E-state index in [4.69, 9.17) is 5.21 Å². The molecule has 0 aromatic heterocycles. The average Bonchev–Trinajstić information content (AvgIpc) is 2.35. The fourth-order valence-corrected chi connectivity index (χ4v) is 2.65. The summed E-state index contributed by atoms with van der Waals surface area (Å²) in [5.74, 6) is -0.784. The molecule has 0 aliphatic carbocycles. The van der Waals surface area contributed by atoms with Gasteiger partial charge in [0.2, 0.25) is 10.0 Å². The van der Waals surface area contributed by atoms with E-state index >= 15 is 0 Å². The van der Waals surface area contributed by atoms with Gasteiger partial charge in [0.1, 0.15) is 6.04 Å². The van der Waals surface area contributed by atoms with E-state index in [0.717, 1.165) is 5.56 Å². The number of sulfonamides is 1. The molecule has 1 rings (SSSR count). The first-order valence-corrected chi connectivity index (χ1v) is 6.92. The molecule has 1 unspecified atom stereocenters. The lowest BCUT2D eigenvalue weighted by Gasteiger charge is -2.14. The smallest absolute Gasteiger partial charge is 0.261 e. The van der Waals surface area contributed by atoms with Crippen LogP contribution in [0.3, 0.4) is 0 Å². The van der Waals surface area contributed by atoms with Crippen molar-refractivity contribution in [3.8, 4) is 0 Å². The molecule has 7 heteroatoms. The fraction of sp³-hybridized carbons (Fsp3) is 0.364. The number of rotatable bonds is 5. The monoisotopic (exact) mass is 272 g/mol. The summed E-state index contributed by atoms with van der Waals surface area (Å²) >= 11 is 0. The predicted octanol–water partition coefficient (Wildman–Crippen LogP) is 0.557. The van der Waals surface area contributed by atoms with Gasteiger partial charge < -0.3 is 0 Å². The lowest BCUT2D eigenvalue weighted by molar-refractivity contribution is -0.131. The Balaban J connectivity index is 2.94. The molecule has 1 aromatic rings. The molecule has 0 spiro atoms. The predicted molar refractivity (Wildman–Crippen MR) is 65.5 cm³/mol. The molecule has 0 heterocycles. The van der Waals surface area contributed by atoms with Crippen molar-refractivity contribution >= 4 is 15.9 Å². The molecule has 0 aliphatic rings. The van der Waals surface area contributed by atoms with Gasteiger partial charge in [-0.15, -0.1) is 0 Å². The van der Waals surface area contributed by atoms with Crippen LogP contribution < -0.4 is 10.2 Å². The molecule has 0 radical (unpaired) electrons. The summed E-state index contributed by atoms with van der Waals surface area (Å²) in [4.78, 5) is 11.3. The van der Waals surface area contributed by atoms with Gasteiger partial charge in [-0.1, -0.05) is 24.6 Å². The topological polar surface area (TPSA) is 95.5 Å². The Hall–Kier alpha value is -1.44. The zero-order valence-electron chi connectivity index (χ0n) is 10.2. The summed E-state index contributed by atoms with van der Waals surface area (Å²) in [7, 11) is -3.77. The van der Waals surface area contributed by atoms with Crippen LogP contribution in [0.2, 0.25) is 0 Å². The zero-order valence-corrected chi connectivity index (χ0v) is 11.0. The minimum atomic E-state index is -3.77. The van der Waals surface area contributed by atoms with Crippen molar-refractivity contribution in [2.75, 3.05) is 0 Å². The molecule has 0 saturated carbocycles. The van der Waals surface area contributed by atoms with Crippen LogP contribution in [0.1, 0.15) is 18.9 Å². The summed E-state index contributed by atoms with van der Waals surface area (Å²) in [6.45, 7) is 3.48. The third kappa shape index (κ3) is 3.52. The van der Waals surface area contributed by atoms with Crippen LogP contribution in [0.15, 0.2) is 29.2 Å². The number of benzene rings is 1. The standard InChI is InChI=1S/C11H16N2O4S/c1-3-10(11(14)12-15)13-18(16,17)9-6-4-8(2)5-7-9/h4-7,10,13,15H,3H2,1-2H3,(H,12,14). The second-order valence-electron chi connectivity index (χ2n) is 3.87. The maximum absolute atomic E-state index is 12.0. The second-order valence-corrected chi connectivity index (χ2v) is 5.59. The zero-order chi connectivity index (χ0) is 13.8. The number of carbonyl (C=O) groups is 1. The Morgan fingerprint density at radius 2 is 1.89 bits per heavy atom. The highest BCUT2D eigenvalue weighted by Crippen LogP contribution is 2.11. The van der Waals surface area contributed by atoms with E-state index in [0.29, 0.717) is 0 Å². The van der Waals surface area contributed by atoms with E-state index < -0.39 is 22.0 Å². The highest BCUT2D eigenvalue weighted by molar-refractivity contribution is 7.89. The molecule has 0 saturated heterocycles. The van der Waals surface area contributed by atoms with Crippen molar-refractivity contribution in [1.29, 1.82) is 0 Å². The fourth-order valence-electron chi connectivity index (χ4n) is 1.37. The summed E-state index contributed by atoms with van der Waals surface area (Å²) in [6.07, 6.45) is 0.234. The van der Waals surface area contributed by atoms with Crippen molar-refractivity contribution < 1.29 is 18.4 Å². The second kappa shape index (κ2) is 5.94. The molecule has 3 N–H and O–H groups in total. The van der Waals surface area contributed by atoms with E-state index in [1.54, 1.807) is 19.1 Å². The number of hydroxylamine groups is 1. The van der Waals surface area contributed by atoms with Crippen LogP contribution in [0, 0.1) is 6.92 Å². The van der Waals surface area contributed by atoms with Gasteiger partial charge in [0.15, 0.2) is 0 Å². The van der Waals surface area contributed by atoms with Gasteiger partial charge in [0.25, 0.3) is 5.91 Å². The quantitative estimate of drug-likeness (QED) is 0.539. The first-order chi connectivity index (χ1) is 8.40. The number of amides is 1. The highest BCUT2D eigenvalue weighted by Gasteiger charge is 2.23. The molecule has 0 bridgehead atoms. The molecule has 100 valence electrons. The molecular formula is C11H16N2O4S. The summed E-state index contributed by atoms with van der Waals surface area (Å²) in [5, 5.41) is 8.51. The summed E-state index contributed by atoms with van der Waals surface area (Å²) < 4.78 is 26.2. The number of aryl methyl sites for hydroxylation is 1. The number of hydrogen-bond donors (Lipinski definition) is 3. The van der Waals surface area contributed by atoms with Gasteiger partial charge in [0.05, 0.1) is 4.90 Å². The summed E-state index contributed by atoms with van der Waals surface area (Å²) in [5.41, 5.74) is 2.37. The molecule has 1 amide bonds. The first kappa shape index (κ1) is 14.6. The maximum Gasteiger partial charge on any atom is 0.261 e.